The van der Waals surface area contributed by atoms with Gasteiger partial charge in [0.1, 0.15) is 24.1 Å². The maximum absolute atomic E-state index is 15.4. The first-order valence-electron chi connectivity index (χ1n) is 10.3. The Hall–Kier alpha value is -2.50. The molecule has 1 amide bonds. The minimum Gasteiger partial charge on any atom is -0.381 e. The number of fused-ring (bicyclic) bond motifs is 1. The van der Waals surface area contributed by atoms with E-state index in [0.29, 0.717) is 12.5 Å². The summed E-state index contributed by atoms with van der Waals surface area (Å²) in [5, 5.41) is 9.78. The predicted octanol–water partition coefficient (Wildman–Crippen LogP) is 2.16. The highest BCUT2D eigenvalue weighted by molar-refractivity contribution is 7.88. The lowest BCUT2D eigenvalue weighted by Gasteiger charge is -2.33. The van der Waals surface area contributed by atoms with Gasteiger partial charge in [-0.25, -0.2) is 30.7 Å². The molecule has 33 heavy (non-hydrogen) atoms. The number of sulfonamides is 1. The average molecular weight is 486 g/mol. The Balaban J connectivity index is 1.71. The van der Waals surface area contributed by atoms with Gasteiger partial charge in [0.2, 0.25) is 10.0 Å². The third-order valence-electron chi connectivity index (χ3n) is 6.11. The lowest BCUT2D eigenvalue weighted by molar-refractivity contribution is -0.143. The molecule has 0 bridgehead atoms. The SMILES string of the molecule is CS(=O)(=O)NC1C2CC2N(C(=O)[C@H](O)CF)C1Cc1cccc(-c2cc(F)cc(F)c2)c1F. The quantitative estimate of drug-likeness (QED) is 0.588. The van der Waals surface area contributed by atoms with Crippen molar-refractivity contribution in [3.8, 4) is 11.1 Å². The summed E-state index contributed by atoms with van der Waals surface area (Å²) in [6.07, 6.45) is -0.624. The third kappa shape index (κ3) is 4.75. The van der Waals surface area contributed by atoms with Crippen LogP contribution in [0.4, 0.5) is 17.6 Å². The van der Waals surface area contributed by atoms with Gasteiger partial charge in [-0.2, -0.15) is 0 Å². The van der Waals surface area contributed by atoms with E-state index >= 15 is 4.39 Å². The highest BCUT2D eigenvalue weighted by Crippen LogP contribution is 2.49. The fraction of sp³-hybridized carbons (Fsp3) is 0.409. The van der Waals surface area contributed by atoms with E-state index in [1.807, 2.05) is 0 Å². The van der Waals surface area contributed by atoms with Crippen LogP contribution in [0.25, 0.3) is 11.1 Å². The molecular formula is C22H22F4N2O4S. The van der Waals surface area contributed by atoms with E-state index in [2.05, 4.69) is 4.72 Å². The Morgan fingerprint density at radius 2 is 1.88 bits per heavy atom. The molecule has 1 saturated heterocycles. The maximum Gasteiger partial charge on any atom is 0.254 e. The van der Waals surface area contributed by atoms with Crippen LogP contribution >= 0.6 is 0 Å². The van der Waals surface area contributed by atoms with E-state index in [9.17, 15) is 31.5 Å². The highest BCUT2D eigenvalue weighted by Gasteiger charge is 2.61. The fourth-order valence-electron chi connectivity index (χ4n) is 4.71. The van der Waals surface area contributed by atoms with E-state index in [0.717, 1.165) is 18.4 Å². The van der Waals surface area contributed by atoms with Crippen LogP contribution in [0.3, 0.4) is 0 Å². The van der Waals surface area contributed by atoms with Gasteiger partial charge >= 0.3 is 0 Å². The minimum atomic E-state index is -3.69. The van der Waals surface area contributed by atoms with Crippen molar-refractivity contribution in [2.75, 3.05) is 12.9 Å². The average Bonchev–Trinajstić information content (AvgIpc) is 3.45. The molecule has 5 atom stereocenters. The van der Waals surface area contributed by atoms with Crippen molar-refractivity contribution in [2.24, 2.45) is 5.92 Å². The smallest absolute Gasteiger partial charge is 0.254 e. The van der Waals surface area contributed by atoms with Gasteiger partial charge in [-0.3, -0.25) is 4.79 Å². The molecule has 2 fully saturated rings. The van der Waals surface area contributed by atoms with E-state index in [1.165, 1.54) is 23.1 Å². The Morgan fingerprint density at radius 1 is 1.21 bits per heavy atom. The summed E-state index contributed by atoms with van der Waals surface area (Å²) in [7, 11) is -3.69. The first-order valence-corrected chi connectivity index (χ1v) is 12.2. The van der Waals surface area contributed by atoms with Crippen LogP contribution in [0.5, 0.6) is 0 Å². The number of rotatable bonds is 7. The van der Waals surface area contributed by atoms with E-state index < -0.39 is 64.3 Å². The zero-order valence-electron chi connectivity index (χ0n) is 17.5. The zero-order valence-corrected chi connectivity index (χ0v) is 18.3. The largest absolute Gasteiger partial charge is 0.381 e. The van der Waals surface area contributed by atoms with Gasteiger partial charge in [-0.1, -0.05) is 18.2 Å². The number of nitrogens with zero attached hydrogens (tertiary/aromatic N) is 1. The lowest BCUT2D eigenvalue weighted by atomic mass is 9.94. The molecule has 1 aliphatic heterocycles. The number of halogens is 4. The number of benzene rings is 2. The molecule has 2 aromatic rings. The summed E-state index contributed by atoms with van der Waals surface area (Å²) in [5.74, 6) is -3.67. The number of aliphatic hydroxyl groups is 1. The third-order valence-corrected chi connectivity index (χ3v) is 6.81. The Bertz CT molecular complexity index is 1170. The Labute approximate surface area is 188 Å². The Kier molecular flexibility index (Phi) is 6.23. The molecule has 2 aromatic carbocycles. The molecule has 0 spiro atoms. The normalized spacial score (nSPS) is 25.1. The van der Waals surface area contributed by atoms with Gasteiger partial charge in [-0.15, -0.1) is 0 Å². The van der Waals surface area contributed by atoms with Crippen molar-refractivity contribution in [1.82, 2.24) is 9.62 Å². The van der Waals surface area contributed by atoms with E-state index in [4.69, 9.17) is 0 Å². The van der Waals surface area contributed by atoms with Crippen LogP contribution in [0.15, 0.2) is 36.4 Å². The standard InChI is InChI=1S/C22H22F4N2O4S/c1-33(31,32)27-21-16-9-17(16)28(22(30)19(29)10-23)18(21)7-11-3-2-4-15(20(11)26)12-5-13(24)8-14(25)6-12/h2-6,8,16-19,21,27,29H,7,9-10H2,1H3/t16?,17?,18?,19-,21?/m1/s1. The number of piperidine rings is 1. The summed E-state index contributed by atoms with van der Waals surface area (Å²) in [4.78, 5) is 13.9. The van der Waals surface area contributed by atoms with Crippen LogP contribution < -0.4 is 4.72 Å². The summed E-state index contributed by atoms with van der Waals surface area (Å²) < 4.78 is 82.0. The molecular weight excluding hydrogens is 464 g/mol. The number of hydrogen-bond acceptors (Lipinski definition) is 4. The number of carbonyl (C=O) groups is 1. The fourth-order valence-corrected chi connectivity index (χ4v) is 5.54. The van der Waals surface area contributed by atoms with Crippen molar-refractivity contribution < 1.29 is 35.9 Å². The second-order valence-electron chi connectivity index (χ2n) is 8.51. The predicted molar refractivity (Wildman–Crippen MR) is 112 cm³/mol. The molecule has 11 heteroatoms. The maximum atomic E-state index is 15.4. The summed E-state index contributed by atoms with van der Waals surface area (Å²) in [5.41, 5.74) is -0.00706. The number of nitrogens with one attached hydrogen (secondary N) is 1. The van der Waals surface area contributed by atoms with Crippen molar-refractivity contribution in [3.63, 3.8) is 0 Å². The van der Waals surface area contributed by atoms with E-state index in [1.54, 1.807) is 0 Å². The van der Waals surface area contributed by atoms with Gasteiger partial charge in [0.25, 0.3) is 5.91 Å². The number of aliphatic hydroxyl groups excluding tert-OH is 1. The monoisotopic (exact) mass is 486 g/mol. The van der Waals surface area contributed by atoms with Crippen molar-refractivity contribution in [2.45, 2.75) is 37.1 Å². The Morgan fingerprint density at radius 3 is 2.48 bits per heavy atom. The minimum absolute atomic E-state index is 0.0206. The van der Waals surface area contributed by atoms with Crippen LogP contribution in [0.2, 0.25) is 0 Å². The molecule has 178 valence electrons. The lowest BCUT2D eigenvalue weighted by Crippen LogP contribution is -2.53. The first-order chi connectivity index (χ1) is 15.5. The van der Waals surface area contributed by atoms with Crippen molar-refractivity contribution >= 4 is 15.9 Å². The molecule has 1 saturated carbocycles. The second kappa shape index (κ2) is 8.69. The van der Waals surface area contributed by atoms with Crippen LogP contribution in [-0.4, -0.2) is 61.5 Å². The molecule has 2 N–H and O–H groups in total. The van der Waals surface area contributed by atoms with Gasteiger partial charge < -0.3 is 10.0 Å². The summed E-state index contributed by atoms with van der Waals surface area (Å²) in [6.45, 7) is -1.31. The number of alkyl halides is 1. The van der Waals surface area contributed by atoms with E-state index in [-0.39, 0.29) is 29.0 Å². The first kappa shape index (κ1) is 23.7. The molecule has 0 aromatic heterocycles. The zero-order chi connectivity index (χ0) is 24.1. The number of hydrogen-bond donors (Lipinski definition) is 2. The van der Waals surface area contributed by atoms with Crippen molar-refractivity contribution in [3.05, 3.63) is 59.4 Å². The number of amides is 1. The van der Waals surface area contributed by atoms with Gasteiger partial charge in [0.15, 0.2) is 6.10 Å². The molecule has 0 radical (unpaired) electrons. The second-order valence-corrected chi connectivity index (χ2v) is 10.3. The topological polar surface area (TPSA) is 86.7 Å². The number of carbonyl (C=O) groups excluding carboxylic acids is 1. The molecule has 2 aliphatic rings. The molecule has 6 nitrogen and oxygen atoms in total. The summed E-state index contributed by atoms with van der Waals surface area (Å²) in [6, 6.07) is 4.85. The molecule has 1 heterocycles. The van der Waals surface area contributed by atoms with Gasteiger partial charge in [0.05, 0.1) is 12.3 Å². The van der Waals surface area contributed by atoms with Gasteiger partial charge in [0, 0.05) is 23.7 Å². The number of likely N-dealkylation sites (tertiary alicyclic amines) is 1. The summed E-state index contributed by atoms with van der Waals surface area (Å²) >= 11 is 0. The van der Waals surface area contributed by atoms with Crippen LogP contribution in [0.1, 0.15) is 12.0 Å². The van der Waals surface area contributed by atoms with Gasteiger partial charge in [-0.05, 0) is 42.0 Å². The molecule has 1 aliphatic carbocycles. The van der Waals surface area contributed by atoms with Crippen molar-refractivity contribution in [1.29, 1.82) is 0 Å². The highest BCUT2D eigenvalue weighted by atomic mass is 32.2. The van der Waals surface area contributed by atoms with Crippen LogP contribution in [0, 0.1) is 23.4 Å². The molecule has 4 rings (SSSR count). The molecule has 4 unspecified atom stereocenters. The van der Waals surface area contributed by atoms with Crippen LogP contribution in [-0.2, 0) is 21.2 Å².